The summed E-state index contributed by atoms with van der Waals surface area (Å²) < 4.78 is 35.4. The molecule has 1 aliphatic carbocycles. The first-order valence-corrected chi connectivity index (χ1v) is 22.6. The van der Waals surface area contributed by atoms with Crippen LogP contribution in [0.15, 0.2) is 24.3 Å². The third-order valence-corrected chi connectivity index (χ3v) is 16.4. The number of hydrogen-bond donors (Lipinski definition) is 0. The number of carboxylic acids is 2. The van der Waals surface area contributed by atoms with Crippen molar-refractivity contribution in [2.75, 3.05) is 42.5 Å². The number of ether oxygens (including phenoxy) is 6. The number of nitrogens with zero attached hydrogens (tertiary/aromatic N) is 2. The van der Waals surface area contributed by atoms with Crippen molar-refractivity contribution in [3.63, 3.8) is 0 Å². The predicted octanol–water partition coefficient (Wildman–Crippen LogP) is 4.73. The summed E-state index contributed by atoms with van der Waals surface area (Å²) in [6.07, 6.45) is 8.31. The second-order valence-electron chi connectivity index (χ2n) is 19.2. The minimum atomic E-state index is -1.29. The Morgan fingerprint density at radius 2 is 1.02 bits per heavy atom. The van der Waals surface area contributed by atoms with Gasteiger partial charge in [-0.1, -0.05) is 20.3 Å². The minimum Gasteiger partial charge on any atom is -0.550 e. The summed E-state index contributed by atoms with van der Waals surface area (Å²) in [4.78, 5) is 51.8. The van der Waals surface area contributed by atoms with Crippen LogP contribution in [0.25, 0.3) is 0 Å². The zero-order valence-electron chi connectivity index (χ0n) is 37.8. The number of benzene rings is 2. The number of fused-ring (bicyclic) bond motifs is 4. The lowest BCUT2D eigenvalue weighted by Crippen LogP contribution is -2.66. The molecule has 7 unspecified atom stereocenters. The molecular weight excluding hydrogens is 797 g/mol. The summed E-state index contributed by atoms with van der Waals surface area (Å²) in [5.74, 6) is -2.69. The van der Waals surface area contributed by atoms with E-state index in [1.807, 2.05) is 24.3 Å². The van der Waals surface area contributed by atoms with Gasteiger partial charge in [0.2, 0.25) is 11.5 Å². The van der Waals surface area contributed by atoms with Crippen molar-refractivity contribution >= 4 is 23.9 Å². The molecule has 62 heavy (non-hydrogen) atoms. The van der Waals surface area contributed by atoms with Crippen LogP contribution < -0.4 is 38.6 Å². The number of quaternary nitrogens is 2. The van der Waals surface area contributed by atoms with E-state index < -0.39 is 41.1 Å². The summed E-state index contributed by atoms with van der Waals surface area (Å²) in [5, 5.41) is 27.3. The Morgan fingerprint density at radius 3 is 1.35 bits per heavy atom. The van der Waals surface area contributed by atoms with Crippen LogP contribution in [0, 0.1) is 29.1 Å². The van der Waals surface area contributed by atoms with Gasteiger partial charge in [0.25, 0.3) is 0 Å². The maximum atomic E-state index is 14.1. The highest BCUT2D eigenvalue weighted by Crippen LogP contribution is 2.62. The Hall–Kier alpha value is -4.56. The van der Waals surface area contributed by atoms with Gasteiger partial charge in [-0.05, 0) is 54.9 Å². The fourth-order valence-electron chi connectivity index (χ4n) is 13.4. The van der Waals surface area contributed by atoms with Crippen molar-refractivity contribution in [1.82, 2.24) is 0 Å². The van der Waals surface area contributed by atoms with Crippen molar-refractivity contribution in [3.05, 3.63) is 35.4 Å². The molecule has 0 aromatic heterocycles. The lowest BCUT2D eigenvalue weighted by atomic mass is 9.49. The summed E-state index contributed by atoms with van der Waals surface area (Å²) >= 11 is 0. The molecule has 0 radical (unpaired) electrons. The van der Waals surface area contributed by atoms with Gasteiger partial charge in [0.1, 0.15) is 13.1 Å². The van der Waals surface area contributed by atoms with Gasteiger partial charge in [-0.25, -0.2) is 0 Å². The van der Waals surface area contributed by atoms with E-state index in [1.54, 1.807) is 13.8 Å². The van der Waals surface area contributed by atoms with Gasteiger partial charge in [-0.3, -0.25) is 9.59 Å². The van der Waals surface area contributed by atoms with Crippen molar-refractivity contribution in [1.29, 1.82) is 0 Å². The largest absolute Gasteiger partial charge is 0.550 e. The molecular formula is C48H66N2O12. The van der Waals surface area contributed by atoms with Crippen LogP contribution in [0.1, 0.15) is 108 Å². The normalized spacial score (nSPS) is 33.6. The SMILES string of the molecule is CCC(=O)Oc1c(OC)cc(C[N+]2(C)[C@@H]3CC[C@H]2CC(C2C(C(=O)[O-])CCCC2(C(=O)[O-])C2C[C@H]4CC[C@@H](C2)[N+]4(C)Cc2cc(OC)c(OC(=O)CC)c(OC)c2)C3)cc1OC. The van der Waals surface area contributed by atoms with E-state index >= 15 is 0 Å². The number of aliphatic carboxylic acids is 2. The second-order valence-corrected chi connectivity index (χ2v) is 19.2. The average Bonchev–Trinajstić information content (AvgIpc) is 3.48. The first-order chi connectivity index (χ1) is 29.6. The molecule has 14 heteroatoms. The summed E-state index contributed by atoms with van der Waals surface area (Å²) in [7, 11) is 10.7. The first-order valence-electron chi connectivity index (χ1n) is 22.6. The van der Waals surface area contributed by atoms with Crippen LogP contribution in [-0.4, -0.2) is 99.5 Å². The van der Waals surface area contributed by atoms with Gasteiger partial charge in [0.05, 0.1) is 66.7 Å². The Bertz CT molecular complexity index is 1960. The van der Waals surface area contributed by atoms with E-state index in [4.69, 9.17) is 28.4 Å². The van der Waals surface area contributed by atoms with Gasteiger partial charge in [0.15, 0.2) is 23.0 Å². The number of rotatable bonds is 16. The lowest BCUT2D eigenvalue weighted by molar-refractivity contribution is -0.962. The zero-order chi connectivity index (χ0) is 44.7. The fraction of sp³-hybridized carbons (Fsp3) is 0.667. The Kier molecular flexibility index (Phi) is 13.1. The van der Waals surface area contributed by atoms with Gasteiger partial charge < -0.3 is 57.2 Å². The van der Waals surface area contributed by atoms with Crippen molar-refractivity contribution < 1.29 is 66.8 Å². The number of piperidine rings is 2. The molecule has 4 heterocycles. The van der Waals surface area contributed by atoms with E-state index in [1.165, 1.54) is 28.4 Å². The van der Waals surface area contributed by atoms with Gasteiger partial charge in [-0.15, -0.1) is 0 Å². The molecule has 4 aliphatic heterocycles. The molecule has 2 aromatic carbocycles. The predicted molar refractivity (Wildman–Crippen MR) is 223 cm³/mol. The molecule has 0 N–H and O–H groups in total. The molecule has 340 valence electrons. The van der Waals surface area contributed by atoms with Crippen LogP contribution >= 0.6 is 0 Å². The molecule has 0 amide bonds. The molecule has 0 spiro atoms. The minimum absolute atomic E-state index is 0.111. The molecule has 7 rings (SSSR count). The zero-order valence-corrected chi connectivity index (χ0v) is 37.8. The maximum absolute atomic E-state index is 14.1. The van der Waals surface area contributed by atoms with Crippen LogP contribution in [0.4, 0.5) is 0 Å². The van der Waals surface area contributed by atoms with E-state index in [0.717, 1.165) is 58.6 Å². The molecule has 1 saturated carbocycles. The number of carbonyl (C=O) groups excluding carboxylic acids is 4. The Balaban J connectivity index is 1.16. The highest BCUT2D eigenvalue weighted by Gasteiger charge is 2.63. The molecule has 5 aliphatic rings. The van der Waals surface area contributed by atoms with E-state index in [-0.39, 0.29) is 60.3 Å². The van der Waals surface area contributed by atoms with E-state index in [9.17, 15) is 29.4 Å². The molecule has 5 fully saturated rings. The standard InChI is InChI=1S/C48H66N2O12/c1-9-41(51)61-44-37(57-5)18-28(19-38(44)58-6)26-49(3)32-13-14-33(49)23-30(22-32)43-36(46(53)54)12-11-17-48(43,47(55)56)31-24-34-15-16-35(25-31)50(34,4)27-29-20-39(59-7)45(40(21-29)60-8)62-42(52)10-2/h18-21,30-36,43H,9-17,22-27H2,1-8H3/t30?,31?,32-,33+,34-,35+,36?,43?,48?,49?,50?. The molecule has 11 atom stereocenters. The van der Waals surface area contributed by atoms with E-state index in [0.29, 0.717) is 68.2 Å². The molecule has 4 bridgehead atoms. The average molecular weight is 863 g/mol. The summed E-state index contributed by atoms with van der Waals surface area (Å²) in [6.45, 7) is 4.75. The summed E-state index contributed by atoms with van der Waals surface area (Å²) in [6, 6.07) is 8.28. The van der Waals surface area contributed by atoms with Crippen molar-refractivity contribution in [3.8, 4) is 34.5 Å². The number of carbonyl (C=O) groups is 4. The molecule has 14 nitrogen and oxygen atoms in total. The molecule has 2 aromatic rings. The Labute approximate surface area is 365 Å². The van der Waals surface area contributed by atoms with Crippen LogP contribution in [0.3, 0.4) is 0 Å². The quantitative estimate of drug-likeness (QED) is 0.129. The van der Waals surface area contributed by atoms with Gasteiger partial charge >= 0.3 is 11.9 Å². The fourth-order valence-corrected chi connectivity index (χ4v) is 13.4. The Morgan fingerprint density at radius 1 is 0.629 bits per heavy atom. The first kappa shape index (κ1) is 45.5. The maximum Gasteiger partial charge on any atom is 0.311 e. The highest BCUT2D eigenvalue weighted by molar-refractivity contribution is 5.77. The smallest absolute Gasteiger partial charge is 0.311 e. The third kappa shape index (κ3) is 7.88. The third-order valence-electron chi connectivity index (χ3n) is 16.4. The van der Waals surface area contributed by atoms with Crippen LogP contribution in [0.2, 0.25) is 0 Å². The monoisotopic (exact) mass is 862 g/mol. The van der Waals surface area contributed by atoms with Gasteiger partial charge in [-0.2, -0.15) is 0 Å². The highest BCUT2D eigenvalue weighted by atomic mass is 16.6. The second kappa shape index (κ2) is 17.9. The number of methoxy groups -OCH3 is 4. The van der Waals surface area contributed by atoms with Crippen molar-refractivity contribution in [2.24, 2.45) is 29.1 Å². The summed E-state index contributed by atoms with van der Waals surface area (Å²) in [5.41, 5.74) is 0.638. The van der Waals surface area contributed by atoms with Crippen molar-refractivity contribution in [2.45, 2.75) is 135 Å². The van der Waals surface area contributed by atoms with Crippen LogP contribution in [0.5, 0.6) is 34.5 Å². The lowest BCUT2D eigenvalue weighted by Gasteiger charge is -2.60. The number of carboxylic acid groups (broad SMARTS) is 2. The molecule has 4 saturated heterocycles. The van der Waals surface area contributed by atoms with E-state index in [2.05, 4.69) is 14.1 Å². The van der Waals surface area contributed by atoms with Crippen LogP contribution in [-0.2, 0) is 32.3 Å². The number of hydrogen-bond acceptors (Lipinski definition) is 12. The van der Waals surface area contributed by atoms with Gasteiger partial charge in [0, 0.05) is 98.6 Å². The topological polar surface area (TPSA) is 170 Å². The number of esters is 2.